The van der Waals surface area contributed by atoms with Gasteiger partial charge in [-0.25, -0.2) is 0 Å². The highest BCUT2D eigenvalue weighted by Crippen LogP contribution is 2.36. The van der Waals surface area contributed by atoms with E-state index in [4.69, 9.17) is 14.2 Å². The van der Waals surface area contributed by atoms with Crippen LogP contribution >= 0.6 is 0 Å². The first-order valence-corrected chi connectivity index (χ1v) is 5.02. The molecule has 0 atom stereocenters. The van der Waals surface area contributed by atoms with E-state index in [9.17, 15) is 0 Å². The fourth-order valence-electron chi connectivity index (χ4n) is 1.21. The molecule has 0 aromatic heterocycles. The molecule has 1 aromatic carbocycles. The van der Waals surface area contributed by atoms with Gasteiger partial charge in [-0.15, -0.1) is 0 Å². The molecule has 0 radical (unpaired) electrons. The van der Waals surface area contributed by atoms with Crippen LogP contribution in [0.4, 0.5) is 0 Å². The highest BCUT2D eigenvalue weighted by atomic mass is 16.5. The van der Waals surface area contributed by atoms with E-state index in [0.717, 1.165) is 0 Å². The second-order valence-corrected chi connectivity index (χ2v) is 3.70. The average Bonchev–Trinajstić information content (AvgIpc) is 2.25. The van der Waals surface area contributed by atoms with Crippen molar-refractivity contribution in [3.05, 3.63) is 18.2 Å². The molecule has 15 heavy (non-hydrogen) atoms. The molecule has 0 spiro atoms. The molecule has 0 fully saturated rings. The molecular weight excluding hydrogens is 192 g/mol. The molecule has 0 saturated heterocycles. The summed E-state index contributed by atoms with van der Waals surface area (Å²) in [5.74, 6) is 2.56. The molecule has 0 amide bonds. The highest BCUT2D eigenvalue weighted by Gasteiger charge is 2.11. The predicted octanol–water partition coefficient (Wildman–Crippen LogP) is 2.74. The van der Waals surface area contributed by atoms with Crippen LogP contribution in [0.25, 0.3) is 0 Å². The Labute approximate surface area is 91.0 Å². The third-order valence-electron chi connectivity index (χ3n) is 1.94. The van der Waals surface area contributed by atoms with Crippen molar-refractivity contribution in [2.75, 3.05) is 20.8 Å². The SMILES string of the molecule is COc1cccc(OC)c1OCC(C)C. The molecule has 0 saturated carbocycles. The molecule has 1 rings (SSSR count). The van der Waals surface area contributed by atoms with Crippen LogP contribution in [0.2, 0.25) is 0 Å². The Morgan fingerprint density at radius 3 is 2.00 bits per heavy atom. The van der Waals surface area contributed by atoms with E-state index in [1.165, 1.54) is 0 Å². The van der Waals surface area contributed by atoms with Gasteiger partial charge < -0.3 is 14.2 Å². The third-order valence-corrected chi connectivity index (χ3v) is 1.94. The standard InChI is InChI=1S/C12H18O3/c1-9(2)8-15-12-10(13-3)6-5-7-11(12)14-4/h5-7,9H,8H2,1-4H3. The van der Waals surface area contributed by atoms with Crippen molar-refractivity contribution in [3.8, 4) is 17.2 Å². The fourth-order valence-corrected chi connectivity index (χ4v) is 1.21. The van der Waals surface area contributed by atoms with Crippen LogP contribution in [-0.4, -0.2) is 20.8 Å². The van der Waals surface area contributed by atoms with Crippen LogP contribution in [0.3, 0.4) is 0 Å². The fraction of sp³-hybridized carbons (Fsp3) is 0.500. The van der Waals surface area contributed by atoms with E-state index in [2.05, 4.69) is 13.8 Å². The summed E-state index contributed by atoms with van der Waals surface area (Å²) in [6.07, 6.45) is 0. The van der Waals surface area contributed by atoms with Gasteiger partial charge in [0.25, 0.3) is 0 Å². The quantitative estimate of drug-likeness (QED) is 0.748. The molecule has 84 valence electrons. The molecule has 0 heterocycles. The maximum atomic E-state index is 5.66. The Kier molecular flexibility index (Phi) is 4.28. The summed E-state index contributed by atoms with van der Waals surface area (Å²) in [7, 11) is 3.24. The summed E-state index contributed by atoms with van der Waals surface area (Å²) in [5.41, 5.74) is 0. The lowest BCUT2D eigenvalue weighted by atomic mass is 10.2. The summed E-state index contributed by atoms with van der Waals surface area (Å²) in [6, 6.07) is 5.59. The molecule has 3 heteroatoms. The first-order chi connectivity index (χ1) is 7.19. The number of benzene rings is 1. The maximum Gasteiger partial charge on any atom is 0.203 e. The first-order valence-electron chi connectivity index (χ1n) is 5.02. The maximum absolute atomic E-state index is 5.66. The predicted molar refractivity (Wildman–Crippen MR) is 59.9 cm³/mol. The van der Waals surface area contributed by atoms with Gasteiger partial charge in [-0.3, -0.25) is 0 Å². The molecule has 0 N–H and O–H groups in total. The van der Waals surface area contributed by atoms with Gasteiger partial charge in [0.1, 0.15) is 0 Å². The summed E-state index contributed by atoms with van der Waals surface area (Å²) < 4.78 is 16.1. The molecule has 1 aromatic rings. The van der Waals surface area contributed by atoms with E-state index in [0.29, 0.717) is 29.8 Å². The van der Waals surface area contributed by atoms with Gasteiger partial charge in [-0.2, -0.15) is 0 Å². The van der Waals surface area contributed by atoms with E-state index in [1.54, 1.807) is 14.2 Å². The molecule has 0 unspecified atom stereocenters. The number of hydrogen-bond donors (Lipinski definition) is 0. The molecular formula is C12H18O3. The van der Waals surface area contributed by atoms with Gasteiger partial charge in [0.05, 0.1) is 20.8 Å². The molecule has 0 aliphatic carbocycles. The van der Waals surface area contributed by atoms with Crippen molar-refractivity contribution in [2.24, 2.45) is 5.92 Å². The monoisotopic (exact) mass is 210 g/mol. The Bertz CT molecular complexity index is 285. The lowest BCUT2D eigenvalue weighted by molar-refractivity contribution is 0.243. The van der Waals surface area contributed by atoms with Crippen LogP contribution in [-0.2, 0) is 0 Å². The average molecular weight is 210 g/mol. The normalized spacial score (nSPS) is 10.2. The first kappa shape index (κ1) is 11.7. The minimum absolute atomic E-state index is 0.472. The van der Waals surface area contributed by atoms with Crippen molar-refractivity contribution >= 4 is 0 Å². The third kappa shape index (κ3) is 3.05. The largest absolute Gasteiger partial charge is 0.493 e. The van der Waals surface area contributed by atoms with E-state index in [1.807, 2.05) is 18.2 Å². The van der Waals surface area contributed by atoms with Gasteiger partial charge in [-0.05, 0) is 18.1 Å². The van der Waals surface area contributed by atoms with Crippen LogP contribution in [0.5, 0.6) is 17.2 Å². The van der Waals surface area contributed by atoms with Crippen molar-refractivity contribution in [1.82, 2.24) is 0 Å². The van der Waals surface area contributed by atoms with Crippen LogP contribution in [0.15, 0.2) is 18.2 Å². The van der Waals surface area contributed by atoms with Gasteiger partial charge >= 0.3 is 0 Å². The number of ether oxygens (including phenoxy) is 3. The zero-order valence-corrected chi connectivity index (χ0v) is 9.74. The molecule has 0 aliphatic rings. The second-order valence-electron chi connectivity index (χ2n) is 3.70. The van der Waals surface area contributed by atoms with Crippen LogP contribution < -0.4 is 14.2 Å². The molecule has 3 nitrogen and oxygen atoms in total. The number of rotatable bonds is 5. The smallest absolute Gasteiger partial charge is 0.203 e. The topological polar surface area (TPSA) is 27.7 Å². The van der Waals surface area contributed by atoms with E-state index in [-0.39, 0.29) is 0 Å². The van der Waals surface area contributed by atoms with E-state index < -0.39 is 0 Å². The lowest BCUT2D eigenvalue weighted by Gasteiger charge is -2.15. The van der Waals surface area contributed by atoms with Crippen LogP contribution in [0.1, 0.15) is 13.8 Å². The minimum Gasteiger partial charge on any atom is -0.493 e. The molecule has 0 aliphatic heterocycles. The summed E-state index contributed by atoms with van der Waals surface area (Å²) in [5, 5.41) is 0. The summed E-state index contributed by atoms with van der Waals surface area (Å²) in [4.78, 5) is 0. The van der Waals surface area contributed by atoms with E-state index >= 15 is 0 Å². The van der Waals surface area contributed by atoms with Crippen LogP contribution in [0, 0.1) is 5.92 Å². The van der Waals surface area contributed by atoms with Gasteiger partial charge in [0.2, 0.25) is 5.75 Å². The molecule has 0 bridgehead atoms. The number of hydrogen-bond acceptors (Lipinski definition) is 3. The Morgan fingerprint density at radius 1 is 1.07 bits per heavy atom. The second kappa shape index (κ2) is 5.49. The Morgan fingerprint density at radius 2 is 1.60 bits per heavy atom. The van der Waals surface area contributed by atoms with Gasteiger partial charge in [-0.1, -0.05) is 19.9 Å². The van der Waals surface area contributed by atoms with Gasteiger partial charge in [0.15, 0.2) is 11.5 Å². The number of para-hydroxylation sites is 1. The zero-order chi connectivity index (χ0) is 11.3. The summed E-state index contributed by atoms with van der Waals surface area (Å²) >= 11 is 0. The number of methoxy groups -OCH3 is 2. The van der Waals surface area contributed by atoms with Crippen molar-refractivity contribution in [1.29, 1.82) is 0 Å². The Balaban J connectivity index is 2.89. The minimum atomic E-state index is 0.472. The summed E-state index contributed by atoms with van der Waals surface area (Å²) in [6.45, 7) is 4.85. The van der Waals surface area contributed by atoms with Crippen molar-refractivity contribution in [3.63, 3.8) is 0 Å². The van der Waals surface area contributed by atoms with Crippen molar-refractivity contribution < 1.29 is 14.2 Å². The van der Waals surface area contributed by atoms with Gasteiger partial charge in [0, 0.05) is 0 Å². The lowest BCUT2D eigenvalue weighted by Crippen LogP contribution is -2.06. The van der Waals surface area contributed by atoms with Crippen molar-refractivity contribution in [2.45, 2.75) is 13.8 Å². The highest BCUT2D eigenvalue weighted by molar-refractivity contribution is 5.51. The Hall–Kier alpha value is -1.38. The zero-order valence-electron chi connectivity index (χ0n) is 9.74.